The highest BCUT2D eigenvalue weighted by Crippen LogP contribution is 2.41. The smallest absolute Gasteiger partial charge is 0.234 e. The largest absolute Gasteiger partial charge is 0.497 e. The molecule has 0 saturated heterocycles. The number of carbonyl (C=O) groups excluding carboxylic acids is 1. The summed E-state index contributed by atoms with van der Waals surface area (Å²) >= 11 is 9.07. The van der Waals surface area contributed by atoms with Crippen molar-refractivity contribution in [3.05, 3.63) is 64.8 Å². The monoisotopic (exact) mass is 455 g/mol. The second kappa shape index (κ2) is 9.04. The molecule has 0 radical (unpaired) electrons. The van der Waals surface area contributed by atoms with Crippen LogP contribution in [-0.2, 0) is 4.79 Å². The first kappa shape index (κ1) is 20.7. The van der Waals surface area contributed by atoms with E-state index < -0.39 is 0 Å². The van der Waals surface area contributed by atoms with Crippen LogP contribution in [0.3, 0.4) is 0 Å². The number of methoxy groups -OCH3 is 1. The maximum Gasteiger partial charge on any atom is 0.234 e. The third-order valence-corrected chi connectivity index (χ3v) is 6.71. The van der Waals surface area contributed by atoms with Gasteiger partial charge in [0.1, 0.15) is 21.9 Å². The molecule has 0 fully saturated rings. The molecule has 0 atom stereocenters. The average molecular weight is 456 g/mol. The number of rotatable bonds is 6. The normalized spacial score (nSPS) is 10.9. The Bertz CT molecular complexity index is 1210. The Morgan fingerprint density at radius 3 is 2.77 bits per heavy atom. The molecule has 4 aromatic rings. The lowest BCUT2D eigenvalue weighted by molar-refractivity contribution is -0.113. The molecule has 5 nitrogen and oxygen atoms in total. The zero-order chi connectivity index (χ0) is 21.1. The summed E-state index contributed by atoms with van der Waals surface area (Å²) in [5.74, 6) is 0.817. The molecule has 1 N–H and O–H groups in total. The predicted octanol–water partition coefficient (Wildman–Crippen LogP) is 6.06. The van der Waals surface area contributed by atoms with Gasteiger partial charge in [-0.05, 0) is 36.8 Å². The Hall–Kier alpha value is -2.61. The van der Waals surface area contributed by atoms with Gasteiger partial charge < -0.3 is 10.1 Å². The number of hydrogen-bond acceptors (Lipinski definition) is 6. The summed E-state index contributed by atoms with van der Waals surface area (Å²) in [4.78, 5) is 23.4. The van der Waals surface area contributed by atoms with Crippen LogP contribution < -0.4 is 10.1 Å². The molecular weight excluding hydrogens is 438 g/mol. The lowest BCUT2D eigenvalue weighted by atomic mass is 10.0. The second-order valence-corrected chi connectivity index (χ2v) is 9.07. The summed E-state index contributed by atoms with van der Waals surface area (Å²) in [7, 11) is 1.60. The maximum absolute atomic E-state index is 12.5. The number of thioether (sulfide) groups is 1. The van der Waals surface area contributed by atoms with Gasteiger partial charge in [0.15, 0.2) is 0 Å². The molecule has 1 amide bonds. The summed E-state index contributed by atoms with van der Waals surface area (Å²) < 4.78 is 5.20. The van der Waals surface area contributed by atoms with Crippen LogP contribution in [0.15, 0.2) is 59.9 Å². The summed E-state index contributed by atoms with van der Waals surface area (Å²) in [6.45, 7) is 2.07. The van der Waals surface area contributed by atoms with Crippen molar-refractivity contribution >= 4 is 56.5 Å². The number of thiophene rings is 1. The minimum Gasteiger partial charge on any atom is -0.497 e. The van der Waals surface area contributed by atoms with Crippen molar-refractivity contribution in [2.45, 2.75) is 11.9 Å². The van der Waals surface area contributed by atoms with Crippen molar-refractivity contribution in [2.24, 2.45) is 0 Å². The average Bonchev–Trinajstić information content (AvgIpc) is 3.09. The van der Waals surface area contributed by atoms with Crippen LogP contribution >= 0.6 is 34.7 Å². The number of ether oxygens (including phenoxy) is 1. The number of fused-ring (bicyclic) bond motifs is 1. The topological polar surface area (TPSA) is 64.1 Å². The zero-order valence-electron chi connectivity index (χ0n) is 16.3. The molecule has 2 aromatic carbocycles. The zero-order valence-corrected chi connectivity index (χ0v) is 18.7. The summed E-state index contributed by atoms with van der Waals surface area (Å²) in [5, 5.41) is 5.35. The van der Waals surface area contributed by atoms with Gasteiger partial charge in [-0.3, -0.25) is 4.79 Å². The van der Waals surface area contributed by atoms with E-state index in [9.17, 15) is 4.79 Å². The standard InChI is InChI=1S/C22H18ClN3O2S2/c1-13-19(14-6-8-15(23)9-7-14)20-21(24-12-25-22(20)30-13)29-11-18(27)26-16-4-3-5-17(10-16)28-2/h3-10,12H,11H2,1-2H3,(H,26,27). The van der Waals surface area contributed by atoms with E-state index in [1.807, 2.05) is 42.5 Å². The number of halogens is 1. The Kier molecular flexibility index (Phi) is 6.22. The van der Waals surface area contributed by atoms with Crippen molar-refractivity contribution in [1.29, 1.82) is 0 Å². The number of aryl methyl sites for hydroxylation is 1. The van der Waals surface area contributed by atoms with Crippen LogP contribution in [0.5, 0.6) is 5.75 Å². The molecule has 0 aliphatic carbocycles. The molecule has 4 rings (SSSR count). The number of anilines is 1. The molecule has 152 valence electrons. The molecule has 2 heterocycles. The summed E-state index contributed by atoms with van der Waals surface area (Å²) in [5.41, 5.74) is 2.84. The second-order valence-electron chi connectivity index (χ2n) is 6.47. The van der Waals surface area contributed by atoms with Gasteiger partial charge in [-0.25, -0.2) is 9.97 Å². The third-order valence-electron chi connectivity index (χ3n) is 4.46. The first-order valence-corrected chi connectivity index (χ1v) is 11.3. The molecule has 0 aliphatic heterocycles. The molecule has 0 spiro atoms. The first-order valence-electron chi connectivity index (χ1n) is 9.12. The molecule has 0 saturated carbocycles. The fourth-order valence-corrected chi connectivity index (χ4v) is 5.13. The van der Waals surface area contributed by atoms with E-state index in [0.717, 1.165) is 31.2 Å². The van der Waals surface area contributed by atoms with Gasteiger partial charge in [-0.2, -0.15) is 0 Å². The highest BCUT2D eigenvalue weighted by Gasteiger charge is 2.18. The van der Waals surface area contributed by atoms with Crippen LogP contribution in [0.2, 0.25) is 5.02 Å². The fraction of sp³-hybridized carbons (Fsp3) is 0.136. The maximum atomic E-state index is 12.5. The van der Waals surface area contributed by atoms with Gasteiger partial charge >= 0.3 is 0 Å². The van der Waals surface area contributed by atoms with Crippen LogP contribution in [0.25, 0.3) is 21.3 Å². The highest BCUT2D eigenvalue weighted by molar-refractivity contribution is 8.00. The van der Waals surface area contributed by atoms with E-state index in [-0.39, 0.29) is 11.7 Å². The van der Waals surface area contributed by atoms with E-state index >= 15 is 0 Å². The molecular formula is C22H18ClN3O2S2. The minimum atomic E-state index is -0.111. The Labute approximate surface area is 187 Å². The Morgan fingerprint density at radius 2 is 2.00 bits per heavy atom. The van der Waals surface area contributed by atoms with E-state index in [2.05, 4.69) is 22.2 Å². The van der Waals surface area contributed by atoms with Gasteiger partial charge in [0.25, 0.3) is 0 Å². The third kappa shape index (κ3) is 4.43. The molecule has 2 aromatic heterocycles. The van der Waals surface area contributed by atoms with E-state index in [0.29, 0.717) is 16.5 Å². The van der Waals surface area contributed by atoms with Crippen molar-refractivity contribution in [3.63, 3.8) is 0 Å². The highest BCUT2D eigenvalue weighted by atomic mass is 35.5. The summed E-state index contributed by atoms with van der Waals surface area (Å²) in [6, 6.07) is 15.0. The van der Waals surface area contributed by atoms with Crippen LogP contribution in [-0.4, -0.2) is 28.7 Å². The number of nitrogens with one attached hydrogen (secondary N) is 1. The number of benzene rings is 2. The van der Waals surface area contributed by atoms with Crippen molar-refractivity contribution < 1.29 is 9.53 Å². The van der Waals surface area contributed by atoms with Gasteiger partial charge in [0.05, 0.1) is 18.2 Å². The van der Waals surface area contributed by atoms with Crippen LogP contribution in [0.4, 0.5) is 5.69 Å². The first-order chi connectivity index (χ1) is 14.5. The fourth-order valence-electron chi connectivity index (χ4n) is 3.12. The number of hydrogen-bond donors (Lipinski definition) is 1. The molecule has 8 heteroatoms. The minimum absolute atomic E-state index is 0.111. The summed E-state index contributed by atoms with van der Waals surface area (Å²) in [6.07, 6.45) is 1.55. The van der Waals surface area contributed by atoms with E-state index in [1.165, 1.54) is 11.8 Å². The van der Waals surface area contributed by atoms with Gasteiger partial charge in [-0.1, -0.05) is 41.6 Å². The molecule has 0 aliphatic rings. The van der Waals surface area contributed by atoms with Crippen molar-refractivity contribution in [1.82, 2.24) is 9.97 Å². The van der Waals surface area contributed by atoms with Crippen molar-refractivity contribution in [2.75, 3.05) is 18.2 Å². The van der Waals surface area contributed by atoms with Crippen LogP contribution in [0, 0.1) is 6.92 Å². The number of carbonyl (C=O) groups is 1. The van der Waals surface area contributed by atoms with Gasteiger partial charge in [0, 0.05) is 27.2 Å². The van der Waals surface area contributed by atoms with E-state index in [4.69, 9.17) is 16.3 Å². The molecule has 0 bridgehead atoms. The van der Waals surface area contributed by atoms with Gasteiger partial charge in [0.2, 0.25) is 5.91 Å². The van der Waals surface area contributed by atoms with Crippen molar-refractivity contribution in [3.8, 4) is 16.9 Å². The Morgan fingerprint density at radius 1 is 1.20 bits per heavy atom. The molecule has 30 heavy (non-hydrogen) atoms. The number of aromatic nitrogens is 2. The predicted molar refractivity (Wildman–Crippen MR) is 125 cm³/mol. The SMILES string of the molecule is COc1cccc(NC(=O)CSc2ncnc3sc(C)c(-c4ccc(Cl)cc4)c23)c1. The lowest BCUT2D eigenvalue weighted by Crippen LogP contribution is -2.14. The number of amides is 1. The lowest BCUT2D eigenvalue weighted by Gasteiger charge is -2.08. The molecule has 0 unspecified atom stereocenters. The quantitative estimate of drug-likeness (QED) is 0.283. The number of nitrogens with zero attached hydrogens (tertiary/aromatic N) is 2. The Balaban J connectivity index is 1.58. The van der Waals surface area contributed by atoms with Gasteiger partial charge in [-0.15, -0.1) is 11.3 Å². The van der Waals surface area contributed by atoms with E-state index in [1.54, 1.807) is 30.8 Å². The van der Waals surface area contributed by atoms with Crippen LogP contribution in [0.1, 0.15) is 4.88 Å².